The van der Waals surface area contributed by atoms with Gasteiger partial charge in [0.05, 0.1) is 35.0 Å². The Morgan fingerprint density at radius 1 is 1.05 bits per heavy atom. The van der Waals surface area contributed by atoms with E-state index in [-0.39, 0.29) is 35.8 Å². The molecule has 0 unspecified atom stereocenters. The van der Waals surface area contributed by atoms with Crippen LogP contribution in [0.1, 0.15) is 72.0 Å². The lowest BCUT2D eigenvalue weighted by Crippen LogP contribution is -2.43. The molecule has 1 amide bonds. The quantitative estimate of drug-likeness (QED) is 0.174. The molecule has 0 saturated carbocycles. The first-order valence-corrected chi connectivity index (χ1v) is 19.7. The van der Waals surface area contributed by atoms with Crippen LogP contribution in [0.4, 0.5) is 20.3 Å². The summed E-state index contributed by atoms with van der Waals surface area (Å²) in [7, 11) is 4.96. The Balaban J connectivity index is 1.20. The zero-order valence-corrected chi connectivity index (χ0v) is 32.8. The predicted octanol–water partition coefficient (Wildman–Crippen LogP) is 6.18. The number of benzene rings is 2. The lowest BCUT2D eigenvalue weighted by Gasteiger charge is -2.35. The molecule has 15 heteroatoms. The van der Waals surface area contributed by atoms with Crippen molar-refractivity contribution in [2.45, 2.75) is 83.2 Å². The van der Waals surface area contributed by atoms with Crippen molar-refractivity contribution in [3.05, 3.63) is 63.3 Å². The molecule has 0 bridgehead atoms. The highest BCUT2D eigenvalue weighted by Crippen LogP contribution is 2.42. The van der Waals surface area contributed by atoms with Gasteiger partial charge in [-0.3, -0.25) is 14.4 Å². The van der Waals surface area contributed by atoms with Crippen LogP contribution in [0.3, 0.4) is 0 Å². The van der Waals surface area contributed by atoms with Gasteiger partial charge in [-0.25, -0.2) is 8.78 Å². The molecule has 2 aromatic heterocycles. The number of alkyl halides is 1. The Bertz CT molecular complexity index is 2100. The molecule has 294 valence electrons. The van der Waals surface area contributed by atoms with Crippen molar-refractivity contribution in [3.63, 3.8) is 0 Å². The molecule has 8 rings (SSSR count). The van der Waals surface area contributed by atoms with Gasteiger partial charge in [-0.15, -0.1) is 0 Å². The average Bonchev–Trinajstić information content (AvgIpc) is 3.80. The zero-order valence-electron chi connectivity index (χ0n) is 32.0. The summed E-state index contributed by atoms with van der Waals surface area (Å²) in [6.45, 7) is 6.42. The summed E-state index contributed by atoms with van der Waals surface area (Å²) in [5.74, 6) is 0.890. The summed E-state index contributed by atoms with van der Waals surface area (Å²) < 4.78 is 49.6. The monoisotopic (exact) mass is 778 g/mol. The van der Waals surface area contributed by atoms with Crippen LogP contribution in [0.15, 0.2) is 24.3 Å². The first kappa shape index (κ1) is 37.6. The lowest BCUT2D eigenvalue weighted by molar-refractivity contribution is 0.0512. The van der Waals surface area contributed by atoms with Crippen LogP contribution in [-0.2, 0) is 37.2 Å². The minimum Gasteiger partial charge on any atom is -0.467 e. The molecule has 2 aromatic carbocycles. The number of halogens is 3. The van der Waals surface area contributed by atoms with Gasteiger partial charge in [-0.1, -0.05) is 24.6 Å². The molecule has 2 saturated heterocycles. The molecular formula is C40H49ClF2N8O4. The molecule has 12 nitrogen and oxygen atoms in total. The van der Waals surface area contributed by atoms with E-state index in [1.165, 1.54) is 11.0 Å². The highest BCUT2D eigenvalue weighted by Gasteiger charge is 2.49. The van der Waals surface area contributed by atoms with Crippen molar-refractivity contribution in [1.82, 2.24) is 29.5 Å². The topological polar surface area (TPSA) is 101 Å². The molecule has 0 N–H and O–H groups in total. The first-order valence-electron chi connectivity index (χ1n) is 19.3. The second-order valence-corrected chi connectivity index (χ2v) is 15.8. The third-order valence-corrected chi connectivity index (χ3v) is 12.1. The number of rotatable bonds is 10. The zero-order chi connectivity index (χ0) is 38.4. The van der Waals surface area contributed by atoms with E-state index in [0.29, 0.717) is 81.5 Å². The number of ether oxygens (including phenoxy) is 3. The molecule has 4 aliphatic heterocycles. The molecule has 0 aliphatic carbocycles. The molecule has 0 spiro atoms. The van der Waals surface area contributed by atoms with Crippen molar-refractivity contribution in [1.29, 1.82) is 0 Å². The van der Waals surface area contributed by atoms with Gasteiger partial charge in [0.25, 0.3) is 5.91 Å². The van der Waals surface area contributed by atoms with Gasteiger partial charge < -0.3 is 28.9 Å². The fourth-order valence-electron chi connectivity index (χ4n) is 9.00. The summed E-state index contributed by atoms with van der Waals surface area (Å²) in [4.78, 5) is 31.3. The van der Waals surface area contributed by atoms with E-state index in [4.69, 9.17) is 35.8 Å². The molecule has 0 radical (unpaired) electrons. The van der Waals surface area contributed by atoms with Crippen molar-refractivity contribution in [3.8, 4) is 11.8 Å². The molecule has 4 aromatic rings. The molecule has 4 aliphatic rings. The minimum atomic E-state index is -0.881. The fraction of sp³-hybridized carbons (Fsp3) is 0.550. The number of hydrogen-bond donors (Lipinski definition) is 0. The maximum absolute atomic E-state index is 15.4. The summed E-state index contributed by atoms with van der Waals surface area (Å²) in [5, 5.41) is 6.73. The highest BCUT2D eigenvalue weighted by atomic mass is 35.5. The van der Waals surface area contributed by atoms with Gasteiger partial charge in [0.2, 0.25) is 0 Å². The summed E-state index contributed by atoms with van der Waals surface area (Å²) in [6, 6.07) is 7.43. The molecule has 2 atom stereocenters. The smallest absolute Gasteiger partial charge is 0.318 e. The number of carbonyl (C=O) groups is 1. The number of aromatic nitrogens is 4. The first-order chi connectivity index (χ1) is 26.6. The van der Waals surface area contributed by atoms with Gasteiger partial charge in [-0.05, 0) is 68.2 Å². The van der Waals surface area contributed by atoms with Crippen molar-refractivity contribution >= 4 is 39.8 Å². The number of aryl methyl sites for hydroxylation is 2. The fourth-order valence-corrected chi connectivity index (χ4v) is 9.28. The van der Waals surface area contributed by atoms with Crippen LogP contribution in [0.25, 0.3) is 10.8 Å². The van der Waals surface area contributed by atoms with Crippen LogP contribution in [0.2, 0.25) is 5.02 Å². The van der Waals surface area contributed by atoms with Crippen LogP contribution in [0, 0.1) is 5.82 Å². The number of fused-ring (bicyclic) bond motifs is 4. The Labute approximate surface area is 325 Å². The van der Waals surface area contributed by atoms with E-state index in [9.17, 15) is 9.18 Å². The molecular weight excluding hydrogens is 730 g/mol. The van der Waals surface area contributed by atoms with Crippen molar-refractivity contribution in [2.24, 2.45) is 0 Å². The van der Waals surface area contributed by atoms with E-state index in [1.54, 1.807) is 27.3 Å². The van der Waals surface area contributed by atoms with Crippen molar-refractivity contribution < 1.29 is 27.8 Å². The molecule has 6 heterocycles. The number of amides is 1. The van der Waals surface area contributed by atoms with Gasteiger partial charge in [0, 0.05) is 76.5 Å². The lowest BCUT2D eigenvalue weighted by atomic mass is 9.95. The van der Waals surface area contributed by atoms with Crippen LogP contribution in [0.5, 0.6) is 11.8 Å². The normalized spacial score (nSPS) is 21.3. The number of anilines is 2. The third-order valence-electron chi connectivity index (χ3n) is 11.7. The van der Waals surface area contributed by atoms with Crippen LogP contribution < -0.4 is 19.3 Å². The van der Waals surface area contributed by atoms with Gasteiger partial charge >= 0.3 is 6.01 Å². The standard InChI is InChI=1S/C40H49ClF2N8O4/c1-5-28-30(43)10-9-25-17-27(55-24-53-4)18-32(34(25)28)48-16-11-29-31(21-48)44-39(54-23-40-12-8-14-50(40)20-26(42)19-40)45-37(29)49-13-6-7-15-51-33(22-49)35(41)36(46-51)38(52)47(2)3/h9-10,17-18,26H,5-8,11-16,19-24H2,1-4H3/t26-,40+/m1/s1. The van der Waals surface area contributed by atoms with Gasteiger partial charge in [0.15, 0.2) is 12.5 Å². The van der Waals surface area contributed by atoms with E-state index in [2.05, 4.69) is 19.8 Å². The molecule has 2 fully saturated rings. The van der Waals surface area contributed by atoms with E-state index in [0.717, 1.165) is 71.5 Å². The summed E-state index contributed by atoms with van der Waals surface area (Å²) in [6.07, 6.45) is 4.28. The second-order valence-electron chi connectivity index (χ2n) is 15.4. The Morgan fingerprint density at radius 2 is 1.89 bits per heavy atom. The van der Waals surface area contributed by atoms with Crippen LogP contribution in [-0.4, -0.2) is 108 Å². The largest absolute Gasteiger partial charge is 0.467 e. The molecule has 55 heavy (non-hydrogen) atoms. The van der Waals surface area contributed by atoms with E-state index >= 15 is 4.39 Å². The Hall–Kier alpha value is -4.27. The SMILES string of the molecule is CCc1c(F)ccc2cc(OCOC)cc(N3CCc4c(nc(OC[C@@]56CCCN5C[C@H](F)C6)nc4N4CCCCn5nc(C(=O)N(C)C)c(Cl)c5C4)C3)c12. The highest BCUT2D eigenvalue weighted by molar-refractivity contribution is 6.34. The number of carbonyl (C=O) groups excluding carboxylic acids is 1. The summed E-state index contributed by atoms with van der Waals surface area (Å²) in [5.41, 5.74) is 3.93. The Kier molecular flexibility index (Phi) is 10.5. The number of nitrogens with zero attached hydrogens (tertiary/aromatic N) is 8. The predicted molar refractivity (Wildman–Crippen MR) is 207 cm³/mol. The van der Waals surface area contributed by atoms with Crippen molar-refractivity contribution in [2.75, 3.05) is 70.6 Å². The second kappa shape index (κ2) is 15.3. The Morgan fingerprint density at radius 3 is 2.69 bits per heavy atom. The van der Waals surface area contributed by atoms with E-state index < -0.39 is 6.17 Å². The summed E-state index contributed by atoms with van der Waals surface area (Å²) >= 11 is 6.93. The maximum atomic E-state index is 15.4. The van der Waals surface area contributed by atoms with Crippen LogP contribution >= 0.6 is 11.6 Å². The number of methoxy groups -OCH3 is 1. The number of hydrogen-bond acceptors (Lipinski definition) is 10. The maximum Gasteiger partial charge on any atom is 0.318 e. The van der Waals surface area contributed by atoms with Gasteiger partial charge in [-0.2, -0.15) is 15.1 Å². The van der Waals surface area contributed by atoms with Gasteiger partial charge in [0.1, 0.15) is 30.2 Å². The minimum absolute atomic E-state index is 0.0819. The average molecular weight is 779 g/mol. The third kappa shape index (κ3) is 7.05. The van der Waals surface area contributed by atoms with E-state index in [1.807, 2.05) is 23.7 Å².